The molecule has 2 rings (SSSR count). The lowest BCUT2D eigenvalue weighted by Gasteiger charge is -2.26. The van der Waals surface area contributed by atoms with Crippen LogP contribution in [0.5, 0.6) is 0 Å². The summed E-state index contributed by atoms with van der Waals surface area (Å²) in [6.07, 6.45) is 2.71. The molecule has 1 aromatic rings. The Bertz CT molecular complexity index is 435. The molecule has 1 aliphatic rings. The number of hydrogen-bond acceptors (Lipinski definition) is 3. The Labute approximate surface area is 112 Å². The second-order valence-electron chi connectivity index (χ2n) is 5.46. The minimum Gasteiger partial charge on any atom is -0.477 e. The average Bonchev–Trinajstić information content (AvgIpc) is 3.02. The van der Waals surface area contributed by atoms with Crippen LogP contribution in [0.4, 0.5) is 0 Å². The molecule has 0 aliphatic heterocycles. The van der Waals surface area contributed by atoms with Crippen LogP contribution in [-0.2, 0) is 6.54 Å². The monoisotopic (exact) mass is 267 g/mol. The molecule has 100 valence electrons. The van der Waals surface area contributed by atoms with E-state index in [1.165, 1.54) is 29.7 Å². The van der Waals surface area contributed by atoms with Gasteiger partial charge in [-0.25, -0.2) is 4.79 Å². The Balaban J connectivity index is 2.07. The lowest BCUT2D eigenvalue weighted by molar-refractivity contribution is 0.0702. The molecular formula is C14H21NO2S. The third-order valence-electron chi connectivity index (χ3n) is 3.52. The van der Waals surface area contributed by atoms with Crippen LogP contribution >= 0.6 is 11.3 Å². The maximum atomic E-state index is 11.0. The molecule has 0 unspecified atom stereocenters. The highest BCUT2D eigenvalue weighted by Gasteiger charge is 2.26. The van der Waals surface area contributed by atoms with Crippen LogP contribution in [0, 0.1) is 12.8 Å². The summed E-state index contributed by atoms with van der Waals surface area (Å²) in [6.45, 7) is 8.46. The van der Waals surface area contributed by atoms with Gasteiger partial charge in [-0.2, -0.15) is 0 Å². The van der Waals surface area contributed by atoms with Crippen molar-refractivity contribution in [1.82, 2.24) is 4.90 Å². The van der Waals surface area contributed by atoms with E-state index in [0.29, 0.717) is 10.9 Å². The van der Waals surface area contributed by atoms with Crippen molar-refractivity contribution in [3.63, 3.8) is 0 Å². The van der Waals surface area contributed by atoms with Gasteiger partial charge in [-0.1, -0.05) is 0 Å². The van der Waals surface area contributed by atoms with Crippen LogP contribution in [0.3, 0.4) is 0 Å². The van der Waals surface area contributed by atoms with Gasteiger partial charge in [-0.05, 0) is 51.2 Å². The zero-order valence-electron chi connectivity index (χ0n) is 11.3. The lowest BCUT2D eigenvalue weighted by Crippen LogP contribution is -2.32. The molecule has 1 saturated carbocycles. The van der Waals surface area contributed by atoms with E-state index in [1.54, 1.807) is 0 Å². The minimum atomic E-state index is -0.812. The molecule has 0 bridgehead atoms. The molecule has 1 heterocycles. The minimum absolute atomic E-state index is 0.456. The molecule has 18 heavy (non-hydrogen) atoms. The van der Waals surface area contributed by atoms with Gasteiger partial charge in [-0.15, -0.1) is 11.3 Å². The fourth-order valence-corrected chi connectivity index (χ4v) is 2.96. The van der Waals surface area contributed by atoms with E-state index >= 15 is 0 Å². The Morgan fingerprint density at radius 2 is 2.22 bits per heavy atom. The molecule has 0 saturated heterocycles. The van der Waals surface area contributed by atoms with Crippen molar-refractivity contribution in [2.45, 2.75) is 46.2 Å². The predicted octanol–water partition coefficient (Wildman–Crippen LogP) is 3.38. The van der Waals surface area contributed by atoms with E-state index in [4.69, 9.17) is 5.11 Å². The summed E-state index contributed by atoms with van der Waals surface area (Å²) in [4.78, 5) is 15.0. The number of thiophene rings is 1. The van der Waals surface area contributed by atoms with Gasteiger partial charge in [0, 0.05) is 24.0 Å². The Hall–Kier alpha value is -0.870. The smallest absolute Gasteiger partial charge is 0.345 e. The maximum absolute atomic E-state index is 11.0. The normalized spacial score (nSPS) is 15.6. The summed E-state index contributed by atoms with van der Waals surface area (Å²) in [5, 5.41) is 9.02. The lowest BCUT2D eigenvalue weighted by atomic mass is 10.2. The van der Waals surface area contributed by atoms with E-state index in [0.717, 1.165) is 23.9 Å². The number of hydrogen-bond donors (Lipinski definition) is 1. The highest BCUT2D eigenvalue weighted by molar-refractivity contribution is 7.14. The van der Waals surface area contributed by atoms with Crippen LogP contribution in [-0.4, -0.2) is 28.6 Å². The standard InChI is InChI=1S/C14H21NO2S/c1-9(2)15(7-11-4-5-11)8-12-6-13(14(16)17)18-10(12)3/h6,9,11H,4-5,7-8H2,1-3H3,(H,16,17). The van der Waals surface area contributed by atoms with Gasteiger partial charge in [0.05, 0.1) is 0 Å². The van der Waals surface area contributed by atoms with E-state index < -0.39 is 5.97 Å². The van der Waals surface area contributed by atoms with Crippen molar-refractivity contribution in [3.05, 3.63) is 21.4 Å². The molecule has 4 heteroatoms. The number of carbonyl (C=O) groups is 1. The quantitative estimate of drug-likeness (QED) is 0.859. The van der Waals surface area contributed by atoms with Crippen molar-refractivity contribution in [3.8, 4) is 0 Å². The molecule has 1 aromatic heterocycles. The van der Waals surface area contributed by atoms with Crippen molar-refractivity contribution >= 4 is 17.3 Å². The Morgan fingerprint density at radius 1 is 1.56 bits per heavy atom. The summed E-state index contributed by atoms with van der Waals surface area (Å²) in [5.41, 5.74) is 1.17. The van der Waals surface area contributed by atoms with E-state index in [-0.39, 0.29) is 0 Å². The zero-order valence-corrected chi connectivity index (χ0v) is 12.1. The summed E-state index contributed by atoms with van der Waals surface area (Å²) < 4.78 is 0. The molecule has 3 nitrogen and oxygen atoms in total. The predicted molar refractivity (Wildman–Crippen MR) is 74.3 cm³/mol. The van der Waals surface area contributed by atoms with Crippen molar-refractivity contribution in [2.24, 2.45) is 5.92 Å². The highest BCUT2D eigenvalue weighted by atomic mass is 32.1. The van der Waals surface area contributed by atoms with Crippen LogP contribution in [0.2, 0.25) is 0 Å². The molecule has 0 spiro atoms. The fraction of sp³-hybridized carbons (Fsp3) is 0.643. The number of rotatable bonds is 6. The molecular weight excluding hydrogens is 246 g/mol. The Kier molecular flexibility index (Phi) is 4.07. The number of carboxylic acids is 1. The largest absolute Gasteiger partial charge is 0.477 e. The van der Waals surface area contributed by atoms with E-state index in [9.17, 15) is 4.79 Å². The van der Waals surface area contributed by atoms with Gasteiger partial charge < -0.3 is 5.11 Å². The van der Waals surface area contributed by atoms with Crippen molar-refractivity contribution < 1.29 is 9.90 Å². The molecule has 1 aliphatic carbocycles. The maximum Gasteiger partial charge on any atom is 0.345 e. The van der Waals surface area contributed by atoms with Gasteiger partial charge in [0.2, 0.25) is 0 Å². The summed E-state index contributed by atoms with van der Waals surface area (Å²) in [7, 11) is 0. The van der Waals surface area contributed by atoms with Crippen molar-refractivity contribution in [1.29, 1.82) is 0 Å². The summed E-state index contributed by atoms with van der Waals surface area (Å²) in [5.74, 6) is 0.0536. The number of carboxylic acid groups (broad SMARTS) is 1. The first-order chi connectivity index (χ1) is 8.47. The molecule has 1 fully saturated rings. The van der Waals surface area contributed by atoms with E-state index in [2.05, 4.69) is 18.7 Å². The SMILES string of the molecule is Cc1sc(C(=O)O)cc1CN(CC1CC1)C(C)C. The molecule has 0 radical (unpaired) electrons. The second kappa shape index (κ2) is 5.41. The van der Waals surface area contributed by atoms with Crippen molar-refractivity contribution in [2.75, 3.05) is 6.54 Å². The topological polar surface area (TPSA) is 40.5 Å². The van der Waals surface area contributed by atoms with Crippen LogP contribution in [0.25, 0.3) is 0 Å². The second-order valence-corrected chi connectivity index (χ2v) is 6.72. The Morgan fingerprint density at radius 3 is 2.67 bits per heavy atom. The van der Waals surface area contributed by atoms with Gasteiger partial charge in [0.25, 0.3) is 0 Å². The van der Waals surface area contributed by atoms with Gasteiger partial charge in [0.15, 0.2) is 0 Å². The molecule has 0 aromatic carbocycles. The molecule has 0 amide bonds. The third kappa shape index (κ3) is 3.33. The summed E-state index contributed by atoms with van der Waals surface area (Å²) >= 11 is 1.38. The number of aryl methyl sites for hydroxylation is 1. The van der Waals surface area contributed by atoms with Crippen LogP contribution < -0.4 is 0 Å². The fourth-order valence-electron chi connectivity index (χ4n) is 2.09. The van der Waals surface area contributed by atoms with Crippen LogP contribution in [0.15, 0.2) is 6.07 Å². The molecule has 1 N–H and O–H groups in total. The van der Waals surface area contributed by atoms with Gasteiger partial charge in [-0.3, -0.25) is 4.90 Å². The first-order valence-corrected chi connectivity index (χ1v) is 7.35. The first-order valence-electron chi connectivity index (χ1n) is 6.54. The van der Waals surface area contributed by atoms with Crippen LogP contribution in [0.1, 0.15) is 46.8 Å². The van der Waals surface area contributed by atoms with E-state index in [1.807, 2.05) is 13.0 Å². The first kappa shape index (κ1) is 13.6. The number of nitrogens with zero attached hydrogens (tertiary/aromatic N) is 1. The van der Waals surface area contributed by atoms with Gasteiger partial charge >= 0.3 is 5.97 Å². The highest BCUT2D eigenvalue weighted by Crippen LogP contribution is 2.31. The molecule has 0 atom stereocenters. The number of aromatic carboxylic acids is 1. The third-order valence-corrected chi connectivity index (χ3v) is 4.61. The zero-order chi connectivity index (χ0) is 13.3. The average molecular weight is 267 g/mol. The van der Waals surface area contributed by atoms with Gasteiger partial charge in [0.1, 0.15) is 4.88 Å². The summed E-state index contributed by atoms with van der Waals surface area (Å²) in [6, 6.07) is 2.35.